The number of aryl methyl sites for hydroxylation is 1. The van der Waals surface area contributed by atoms with Crippen molar-refractivity contribution in [3.63, 3.8) is 0 Å². The lowest BCUT2D eigenvalue weighted by Gasteiger charge is -2.03. The molecule has 15 heavy (non-hydrogen) atoms. The topological polar surface area (TPSA) is 46.9 Å². The standard InChI is InChI=1S/C10H16IN3O/c1-8-9(7-13-14(8)2)10(15)12-6-4-3-5-11/h7H,3-6H2,1-2H3,(H,12,15). The van der Waals surface area contributed by atoms with E-state index in [1.165, 1.54) is 0 Å². The first-order valence-corrected chi connectivity index (χ1v) is 6.52. The van der Waals surface area contributed by atoms with Crippen LogP contribution in [0.25, 0.3) is 0 Å². The van der Waals surface area contributed by atoms with Crippen LogP contribution in [0.15, 0.2) is 6.20 Å². The van der Waals surface area contributed by atoms with Gasteiger partial charge in [0.15, 0.2) is 0 Å². The summed E-state index contributed by atoms with van der Waals surface area (Å²) in [5.41, 5.74) is 1.58. The summed E-state index contributed by atoms with van der Waals surface area (Å²) in [6.45, 7) is 2.64. The molecule has 0 aliphatic heterocycles. The van der Waals surface area contributed by atoms with Gasteiger partial charge in [0.05, 0.1) is 11.8 Å². The summed E-state index contributed by atoms with van der Waals surface area (Å²) in [6, 6.07) is 0. The van der Waals surface area contributed by atoms with Gasteiger partial charge in [0.25, 0.3) is 5.91 Å². The Kier molecular flexibility index (Phi) is 5.07. The summed E-state index contributed by atoms with van der Waals surface area (Å²) < 4.78 is 2.85. The summed E-state index contributed by atoms with van der Waals surface area (Å²) >= 11 is 2.34. The van der Waals surface area contributed by atoms with E-state index >= 15 is 0 Å². The Morgan fingerprint density at radius 2 is 2.33 bits per heavy atom. The number of carbonyl (C=O) groups excluding carboxylic acids is 1. The number of halogens is 1. The van der Waals surface area contributed by atoms with Crippen molar-refractivity contribution in [3.05, 3.63) is 17.5 Å². The van der Waals surface area contributed by atoms with E-state index in [4.69, 9.17) is 0 Å². The molecule has 0 aromatic carbocycles. The Balaban J connectivity index is 2.44. The van der Waals surface area contributed by atoms with Crippen molar-refractivity contribution in [1.82, 2.24) is 15.1 Å². The van der Waals surface area contributed by atoms with Gasteiger partial charge < -0.3 is 5.32 Å². The van der Waals surface area contributed by atoms with Gasteiger partial charge >= 0.3 is 0 Å². The molecule has 1 rings (SSSR count). The maximum Gasteiger partial charge on any atom is 0.254 e. The zero-order valence-corrected chi connectivity index (χ0v) is 11.2. The molecule has 1 aromatic heterocycles. The molecule has 1 heterocycles. The lowest BCUT2D eigenvalue weighted by atomic mass is 10.2. The van der Waals surface area contributed by atoms with Crippen molar-refractivity contribution in [2.24, 2.45) is 7.05 Å². The van der Waals surface area contributed by atoms with Crippen LogP contribution in [-0.4, -0.2) is 26.7 Å². The number of unbranched alkanes of at least 4 members (excludes halogenated alkanes) is 1. The molecule has 1 N–H and O–H groups in total. The number of rotatable bonds is 5. The van der Waals surface area contributed by atoms with E-state index in [2.05, 4.69) is 33.0 Å². The third kappa shape index (κ3) is 3.48. The van der Waals surface area contributed by atoms with Crippen LogP contribution in [0.5, 0.6) is 0 Å². The minimum absolute atomic E-state index is 0.0194. The highest BCUT2D eigenvalue weighted by atomic mass is 127. The Labute approximate surface area is 104 Å². The second-order valence-corrected chi connectivity index (χ2v) is 4.50. The Hall–Kier alpha value is -0.590. The van der Waals surface area contributed by atoms with E-state index < -0.39 is 0 Å². The van der Waals surface area contributed by atoms with Gasteiger partial charge in [-0.15, -0.1) is 0 Å². The molecule has 0 spiro atoms. The third-order valence-electron chi connectivity index (χ3n) is 2.33. The highest BCUT2D eigenvalue weighted by molar-refractivity contribution is 14.1. The van der Waals surface area contributed by atoms with Crippen LogP contribution in [0.2, 0.25) is 0 Å². The van der Waals surface area contributed by atoms with Crippen molar-refractivity contribution in [2.75, 3.05) is 11.0 Å². The van der Waals surface area contributed by atoms with Gasteiger partial charge in [-0.3, -0.25) is 9.48 Å². The zero-order chi connectivity index (χ0) is 11.3. The molecule has 0 unspecified atom stereocenters. The molecule has 4 nitrogen and oxygen atoms in total. The first kappa shape index (κ1) is 12.5. The number of amides is 1. The molecule has 0 fully saturated rings. The van der Waals surface area contributed by atoms with Crippen molar-refractivity contribution in [2.45, 2.75) is 19.8 Å². The largest absolute Gasteiger partial charge is 0.352 e. The van der Waals surface area contributed by atoms with Crippen molar-refractivity contribution in [3.8, 4) is 0 Å². The number of hydrogen-bond acceptors (Lipinski definition) is 2. The highest BCUT2D eigenvalue weighted by Crippen LogP contribution is 2.05. The highest BCUT2D eigenvalue weighted by Gasteiger charge is 2.11. The predicted molar refractivity (Wildman–Crippen MR) is 68.4 cm³/mol. The number of nitrogens with one attached hydrogen (secondary N) is 1. The fraction of sp³-hybridized carbons (Fsp3) is 0.600. The van der Waals surface area contributed by atoms with E-state index in [0.717, 1.165) is 29.5 Å². The monoisotopic (exact) mass is 321 g/mol. The SMILES string of the molecule is Cc1c(C(=O)NCCCCI)cnn1C. The van der Waals surface area contributed by atoms with Gasteiger partial charge in [-0.2, -0.15) is 5.10 Å². The van der Waals surface area contributed by atoms with E-state index in [1.54, 1.807) is 10.9 Å². The Morgan fingerprint density at radius 3 is 2.87 bits per heavy atom. The Bertz CT molecular complexity index is 335. The maximum atomic E-state index is 11.7. The van der Waals surface area contributed by atoms with Crippen molar-refractivity contribution < 1.29 is 4.79 Å². The Morgan fingerprint density at radius 1 is 1.60 bits per heavy atom. The third-order valence-corrected chi connectivity index (χ3v) is 3.09. The first-order valence-electron chi connectivity index (χ1n) is 4.99. The molecule has 0 aliphatic carbocycles. The van der Waals surface area contributed by atoms with Gasteiger partial charge in [-0.05, 0) is 24.2 Å². The van der Waals surface area contributed by atoms with Crippen molar-refractivity contribution >= 4 is 28.5 Å². The van der Waals surface area contributed by atoms with E-state index in [-0.39, 0.29) is 5.91 Å². The quantitative estimate of drug-likeness (QED) is 0.509. The van der Waals surface area contributed by atoms with Crippen LogP contribution in [0, 0.1) is 6.92 Å². The molecule has 0 saturated carbocycles. The van der Waals surface area contributed by atoms with E-state index in [0.29, 0.717) is 5.56 Å². The fourth-order valence-electron chi connectivity index (χ4n) is 1.24. The second kappa shape index (κ2) is 6.09. The average molecular weight is 321 g/mol. The summed E-state index contributed by atoms with van der Waals surface area (Å²) in [6.07, 6.45) is 3.80. The predicted octanol–water partition coefficient (Wildman–Crippen LogP) is 1.67. The van der Waals surface area contributed by atoms with Crippen LogP contribution >= 0.6 is 22.6 Å². The molecule has 1 aromatic rings. The van der Waals surface area contributed by atoms with Crippen LogP contribution in [0.1, 0.15) is 28.9 Å². The van der Waals surface area contributed by atoms with Crippen LogP contribution in [-0.2, 0) is 7.05 Å². The summed E-state index contributed by atoms with van der Waals surface area (Å²) in [4.78, 5) is 11.7. The van der Waals surface area contributed by atoms with Gasteiger partial charge in [0.1, 0.15) is 0 Å². The number of alkyl halides is 1. The molecular formula is C10H16IN3O. The van der Waals surface area contributed by atoms with Gasteiger partial charge in [-0.1, -0.05) is 22.6 Å². The lowest BCUT2D eigenvalue weighted by molar-refractivity contribution is 0.0952. The fourth-order valence-corrected chi connectivity index (χ4v) is 1.78. The molecule has 0 bridgehead atoms. The van der Waals surface area contributed by atoms with Crippen LogP contribution in [0.4, 0.5) is 0 Å². The summed E-state index contributed by atoms with van der Waals surface area (Å²) in [5.74, 6) is -0.0194. The summed E-state index contributed by atoms with van der Waals surface area (Å²) in [7, 11) is 1.84. The van der Waals surface area contributed by atoms with Crippen molar-refractivity contribution in [1.29, 1.82) is 0 Å². The number of nitrogens with zero attached hydrogens (tertiary/aromatic N) is 2. The lowest BCUT2D eigenvalue weighted by Crippen LogP contribution is -2.24. The summed E-state index contributed by atoms with van der Waals surface area (Å²) in [5, 5.41) is 6.93. The van der Waals surface area contributed by atoms with Gasteiger partial charge in [-0.25, -0.2) is 0 Å². The molecule has 5 heteroatoms. The number of aromatic nitrogens is 2. The first-order chi connectivity index (χ1) is 7.16. The zero-order valence-electron chi connectivity index (χ0n) is 9.09. The molecule has 84 valence electrons. The molecular weight excluding hydrogens is 305 g/mol. The minimum atomic E-state index is -0.0194. The number of carbonyl (C=O) groups is 1. The molecule has 0 saturated heterocycles. The molecule has 0 aliphatic rings. The average Bonchev–Trinajstić information content (AvgIpc) is 2.55. The van der Waals surface area contributed by atoms with Crippen LogP contribution < -0.4 is 5.32 Å². The smallest absolute Gasteiger partial charge is 0.254 e. The number of hydrogen-bond donors (Lipinski definition) is 1. The maximum absolute atomic E-state index is 11.7. The minimum Gasteiger partial charge on any atom is -0.352 e. The normalized spacial score (nSPS) is 10.3. The van der Waals surface area contributed by atoms with Crippen LogP contribution in [0.3, 0.4) is 0 Å². The van der Waals surface area contributed by atoms with Gasteiger partial charge in [0.2, 0.25) is 0 Å². The molecule has 0 atom stereocenters. The second-order valence-electron chi connectivity index (χ2n) is 3.42. The molecule has 1 amide bonds. The molecule has 0 radical (unpaired) electrons. The van der Waals surface area contributed by atoms with E-state index in [9.17, 15) is 4.79 Å². The van der Waals surface area contributed by atoms with Gasteiger partial charge in [0, 0.05) is 19.3 Å². The van der Waals surface area contributed by atoms with E-state index in [1.807, 2.05) is 14.0 Å².